The fourth-order valence-electron chi connectivity index (χ4n) is 8.41. The molecule has 3 nitrogen and oxygen atoms in total. The third kappa shape index (κ3) is 5.13. The molecule has 2 aromatic heterocycles. The van der Waals surface area contributed by atoms with E-state index >= 15 is 0 Å². The van der Waals surface area contributed by atoms with Crippen LogP contribution in [0.3, 0.4) is 0 Å². The molecule has 0 unspecified atom stereocenters. The van der Waals surface area contributed by atoms with E-state index in [2.05, 4.69) is 216 Å². The van der Waals surface area contributed by atoms with Crippen LogP contribution in [-0.4, -0.2) is 4.57 Å². The number of hydrogen-bond donors (Lipinski definition) is 0. The maximum atomic E-state index is 6.43. The highest BCUT2D eigenvalue weighted by atomic mass is 16.3. The summed E-state index contributed by atoms with van der Waals surface area (Å²) in [5.41, 5.74) is 13.3. The smallest absolute Gasteiger partial charge is 0.143 e. The van der Waals surface area contributed by atoms with Crippen molar-refractivity contribution in [3.05, 3.63) is 206 Å². The first kappa shape index (κ1) is 31.2. The lowest BCUT2D eigenvalue weighted by Crippen LogP contribution is -2.10. The molecule has 9 aromatic carbocycles. The molecule has 0 saturated heterocycles. The molecule has 2 heterocycles. The lowest BCUT2D eigenvalue weighted by molar-refractivity contribution is 0.672. The van der Waals surface area contributed by atoms with Gasteiger partial charge in [-0.3, -0.25) is 0 Å². The van der Waals surface area contributed by atoms with Crippen LogP contribution in [0.1, 0.15) is 0 Å². The summed E-state index contributed by atoms with van der Waals surface area (Å²) in [5.74, 6) is 0. The molecular weight excluding hydrogens is 669 g/mol. The van der Waals surface area contributed by atoms with Crippen molar-refractivity contribution in [2.75, 3.05) is 4.90 Å². The first-order chi connectivity index (χ1) is 27.3. The van der Waals surface area contributed by atoms with Crippen molar-refractivity contribution >= 4 is 71.6 Å². The minimum absolute atomic E-state index is 0.902. The first-order valence-corrected chi connectivity index (χ1v) is 18.8. The molecule has 0 bridgehead atoms. The van der Waals surface area contributed by atoms with Crippen molar-refractivity contribution in [1.29, 1.82) is 0 Å². The Kier molecular flexibility index (Phi) is 7.17. The molecule has 0 aliphatic rings. The summed E-state index contributed by atoms with van der Waals surface area (Å²) in [4.78, 5) is 2.41. The molecule has 11 rings (SSSR count). The second kappa shape index (κ2) is 12.6. The van der Waals surface area contributed by atoms with Gasteiger partial charge in [0.05, 0.1) is 16.7 Å². The van der Waals surface area contributed by atoms with Gasteiger partial charge < -0.3 is 13.9 Å². The fourth-order valence-corrected chi connectivity index (χ4v) is 8.41. The number of nitrogens with zero attached hydrogens (tertiary/aromatic N) is 2. The van der Waals surface area contributed by atoms with Gasteiger partial charge in [0.15, 0.2) is 0 Å². The topological polar surface area (TPSA) is 21.3 Å². The first-order valence-electron chi connectivity index (χ1n) is 18.8. The van der Waals surface area contributed by atoms with E-state index in [-0.39, 0.29) is 0 Å². The third-order valence-electron chi connectivity index (χ3n) is 11.0. The molecule has 0 fully saturated rings. The van der Waals surface area contributed by atoms with Gasteiger partial charge in [-0.2, -0.15) is 0 Å². The molecule has 11 aromatic rings. The van der Waals surface area contributed by atoms with Crippen molar-refractivity contribution < 1.29 is 4.42 Å². The molecule has 0 spiro atoms. The molecule has 3 heteroatoms. The summed E-state index contributed by atoms with van der Waals surface area (Å²) in [5, 5.41) is 7.01. The zero-order chi connectivity index (χ0) is 36.3. The highest BCUT2D eigenvalue weighted by Gasteiger charge is 2.21. The van der Waals surface area contributed by atoms with Crippen LogP contribution in [0.2, 0.25) is 0 Å². The van der Waals surface area contributed by atoms with Crippen LogP contribution in [0.15, 0.2) is 211 Å². The third-order valence-corrected chi connectivity index (χ3v) is 11.0. The Bertz CT molecular complexity index is 3190. The SMILES string of the molecule is c1ccc(-c2cccc(N(c3ccc(-c4ccc5oc6c7ccccc7ccc6c5c4)cc3)c3cccc4c3c3ccccc3n4-c3ccccc3)c2)cc1. The maximum Gasteiger partial charge on any atom is 0.143 e. The molecule has 0 atom stereocenters. The van der Waals surface area contributed by atoms with E-state index in [1.54, 1.807) is 0 Å². The molecule has 0 aliphatic heterocycles. The number of anilines is 3. The van der Waals surface area contributed by atoms with Crippen LogP contribution in [0, 0.1) is 0 Å². The van der Waals surface area contributed by atoms with Crippen LogP contribution in [0.4, 0.5) is 17.1 Å². The number of para-hydroxylation sites is 2. The Morgan fingerprint density at radius 2 is 1.04 bits per heavy atom. The number of hydrogen-bond acceptors (Lipinski definition) is 2. The summed E-state index contributed by atoms with van der Waals surface area (Å²) in [6.45, 7) is 0. The minimum Gasteiger partial charge on any atom is -0.455 e. The molecule has 258 valence electrons. The summed E-state index contributed by atoms with van der Waals surface area (Å²) >= 11 is 0. The second-order valence-electron chi connectivity index (χ2n) is 14.1. The zero-order valence-corrected chi connectivity index (χ0v) is 29.9. The van der Waals surface area contributed by atoms with Crippen LogP contribution >= 0.6 is 0 Å². The molecule has 0 amide bonds. The zero-order valence-electron chi connectivity index (χ0n) is 29.9. The Morgan fingerprint density at radius 1 is 0.382 bits per heavy atom. The standard InChI is InChI=1S/C52H34N2O/c1-3-13-35(14-4-1)38-16-11-19-42(33-38)53(48-23-12-24-49-51(48)45-21-9-10-22-47(45)54(49)40-17-5-2-6-18-40)41-29-25-36(26-30-41)39-28-32-50-46(34-39)44-31-27-37-15-7-8-20-43(37)52(44)55-50/h1-34H. The number of fused-ring (bicyclic) bond motifs is 8. The molecular formula is C52H34N2O. The van der Waals surface area contributed by atoms with E-state index in [1.807, 2.05) is 0 Å². The van der Waals surface area contributed by atoms with Crippen molar-refractivity contribution in [3.63, 3.8) is 0 Å². The number of furan rings is 1. The van der Waals surface area contributed by atoms with Crippen molar-refractivity contribution in [2.24, 2.45) is 0 Å². The highest BCUT2D eigenvalue weighted by Crippen LogP contribution is 2.45. The van der Waals surface area contributed by atoms with Crippen molar-refractivity contribution in [3.8, 4) is 27.9 Å². The molecule has 0 radical (unpaired) electrons. The monoisotopic (exact) mass is 702 g/mol. The van der Waals surface area contributed by atoms with Gasteiger partial charge in [-0.15, -0.1) is 0 Å². The normalized spacial score (nSPS) is 11.6. The predicted molar refractivity (Wildman–Crippen MR) is 231 cm³/mol. The maximum absolute atomic E-state index is 6.43. The van der Waals surface area contributed by atoms with E-state index in [4.69, 9.17) is 4.42 Å². The Morgan fingerprint density at radius 3 is 1.89 bits per heavy atom. The van der Waals surface area contributed by atoms with Crippen molar-refractivity contribution in [2.45, 2.75) is 0 Å². The summed E-state index contributed by atoms with van der Waals surface area (Å²) in [6, 6.07) is 74.0. The Labute approximate surface area is 318 Å². The van der Waals surface area contributed by atoms with E-state index in [0.717, 1.165) is 61.2 Å². The fraction of sp³-hybridized carbons (Fsp3) is 0. The summed E-state index contributed by atoms with van der Waals surface area (Å²) in [7, 11) is 0. The van der Waals surface area contributed by atoms with E-state index in [1.165, 1.54) is 38.3 Å². The van der Waals surface area contributed by atoms with Crippen LogP contribution in [-0.2, 0) is 0 Å². The van der Waals surface area contributed by atoms with Gasteiger partial charge in [0.25, 0.3) is 0 Å². The summed E-state index contributed by atoms with van der Waals surface area (Å²) in [6.07, 6.45) is 0. The quantitative estimate of drug-likeness (QED) is 0.172. The van der Waals surface area contributed by atoms with Gasteiger partial charge >= 0.3 is 0 Å². The van der Waals surface area contributed by atoms with E-state index in [9.17, 15) is 0 Å². The van der Waals surface area contributed by atoms with Gasteiger partial charge in [-0.1, -0.05) is 133 Å². The van der Waals surface area contributed by atoms with Crippen LogP contribution in [0.25, 0.3) is 82.5 Å². The molecule has 0 saturated carbocycles. The van der Waals surface area contributed by atoms with E-state index < -0.39 is 0 Å². The second-order valence-corrected chi connectivity index (χ2v) is 14.1. The number of aromatic nitrogens is 1. The van der Waals surface area contributed by atoms with Crippen LogP contribution < -0.4 is 4.90 Å². The van der Waals surface area contributed by atoms with Gasteiger partial charge in [0.1, 0.15) is 11.2 Å². The number of rotatable bonds is 6. The summed E-state index contributed by atoms with van der Waals surface area (Å²) < 4.78 is 8.82. The van der Waals surface area contributed by atoms with Crippen molar-refractivity contribution in [1.82, 2.24) is 4.57 Å². The van der Waals surface area contributed by atoms with Gasteiger partial charge in [-0.05, 0) is 100 Å². The van der Waals surface area contributed by atoms with Gasteiger partial charge in [-0.25, -0.2) is 0 Å². The number of benzene rings is 9. The Hall–Kier alpha value is -7.36. The highest BCUT2D eigenvalue weighted by molar-refractivity contribution is 6.17. The molecule has 0 N–H and O–H groups in total. The lowest BCUT2D eigenvalue weighted by atomic mass is 10.0. The van der Waals surface area contributed by atoms with Gasteiger partial charge in [0, 0.05) is 44.0 Å². The lowest BCUT2D eigenvalue weighted by Gasteiger charge is -2.27. The molecule has 0 aliphatic carbocycles. The average molecular weight is 703 g/mol. The Balaban J connectivity index is 1.09. The minimum atomic E-state index is 0.902. The van der Waals surface area contributed by atoms with Gasteiger partial charge in [0.2, 0.25) is 0 Å². The largest absolute Gasteiger partial charge is 0.455 e. The van der Waals surface area contributed by atoms with E-state index in [0.29, 0.717) is 0 Å². The van der Waals surface area contributed by atoms with Crippen LogP contribution in [0.5, 0.6) is 0 Å². The molecule has 55 heavy (non-hydrogen) atoms. The average Bonchev–Trinajstić information content (AvgIpc) is 3.81. The predicted octanol–water partition coefficient (Wildman–Crippen LogP) is 14.6.